The van der Waals surface area contributed by atoms with Gasteiger partial charge in [0, 0.05) is 22.9 Å². The van der Waals surface area contributed by atoms with Crippen LogP contribution in [-0.2, 0) is 14.9 Å². The molecule has 0 radical (unpaired) electrons. The van der Waals surface area contributed by atoms with Gasteiger partial charge in [0.2, 0.25) is 0 Å². The van der Waals surface area contributed by atoms with Crippen molar-refractivity contribution in [2.75, 3.05) is 13.7 Å². The van der Waals surface area contributed by atoms with Gasteiger partial charge in [-0.1, -0.05) is 20.8 Å². The first-order valence-electron chi connectivity index (χ1n) is 6.53. The largest absolute Gasteiger partial charge is 0.469 e. The summed E-state index contributed by atoms with van der Waals surface area (Å²) in [6.07, 6.45) is 0.394. The maximum absolute atomic E-state index is 11.1. The molecular weight excluding hydrogens is 260 g/mol. The van der Waals surface area contributed by atoms with Gasteiger partial charge in [-0.05, 0) is 13.8 Å². The van der Waals surface area contributed by atoms with Crippen molar-refractivity contribution in [2.45, 2.75) is 52.5 Å². The van der Waals surface area contributed by atoms with E-state index in [0.717, 1.165) is 10.7 Å². The Hall–Kier alpha value is -0.940. The molecule has 1 aromatic heterocycles. The van der Waals surface area contributed by atoms with Crippen LogP contribution in [0.5, 0.6) is 0 Å². The number of carbonyl (C=O) groups excluding carboxylic acids is 1. The molecule has 0 saturated carbocycles. The molecule has 1 N–H and O–H groups in total. The maximum atomic E-state index is 11.1. The van der Waals surface area contributed by atoms with Gasteiger partial charge >= 0.3 is 5.97 Å². The molecule has 0 aromatic carbocycles. The molecule has 0 bridgehead atoms. The van der Waals surface area contributed by atoms with Crippen LogP contribution in [-0.4, -0.2) is 24.6 Å². The van der Waals surface area contributed by atoms with Crippen LogP contribution in [0.3, 0.4) is 0 Å². The minimum atomic E-state index is -0.184. The molecule has 1 atom stereocenters. The number of carbonyl (C=O) groups is 1. The maximum Gasteiger partial charge on any atom is 0.306 e. The topological polar surface area (TPSA) is 51.2 Å². The van der Waals surface area contributed by atoms with E-state index in [0.29, 0.717) is 13.0 Å². The van der Waals surface area contributed by atoms with Gasteiger partial charge in [-0.2, -0.15) is 0 Å². The molecule has 5 heteroatoms. The number of hydrogen-bond donors (Lipinski definition) is 1. The van der Waals surface area contributed by atoms with E-state index in [1.807, 2.05) is 6.92 Å². The lowest BCUT2D eigenvalue weighted by atomic mass is 9.98. The van der Waals surface area contributed by atoms with Gasteiger partial charge < -0.3 is 10.1 Å². The number of aromatic nitrogens is 1. The molecule has 0 aliphatic heterocycles. The van der Waals surface area contributed by atoms with Crippen molar-refractivity contribution < 1.29 is 9.53 Å². The van der Waals surface area contributed by atoms with E-state index < -0.39 is 0 Å². The zero-order chi connectivity index (χ0) is 14.6. The molecule has 0 spiro atoms. The predicted octanol–water partition coefficient (Wildman–Crippen LogP) is 2.96. The zero-order valence-corrected chi connectivity index (χ0v) is 13.5. The van der Waals surface area contributed by atoms with Crippen molar-refractivity contribution in [1.29, 1.82) is 0 Å². The first-order chi connectivity index (χ1) is 8.75. The predicted molar refractivity (Wildman–Crippen MR) is 78.6 cm³/mol. The Morgan fingerprint density at radius 3 is 2.58 bits per heavy atom. The number of methoxy groups -OCH3 is 1. The third-order valence-electron chi connectivity index (χ3n) is 2.87. The Balaban J connectivity index is 2.64. The van der Waals surface area contributed by atoms with Crippen molar-refractivity contribution in [3.05, 3.63) is 15.6 Å². The lowest BCUT2D eigenvalue weighted by Crippen LogP contribution is -2.22. The summed E-state index contributed by atoms with van der Waals surface area (Å²) in [5, 5.41) is 4.49. The van der Waals surface area contributed by atoms with Gasteiger partial charge in [0.1, 0.15) is 0 Å². The van der Waals surface area contributed by atoms with Gasteiger partial charge in [0.05, 0.1) is 24.2 Å². The Kier molecular flexibility index (Phi) is 5.50. The zero-order valence-electron chi connectivity index (χ0n) is 12.7. The Labute approximate surface area is 119 Å². The first-order valence-corrected chi connectivity index (χ1v) is 7.35. The van der Waals surface area contributed by atoms with E-state index >= 15 is 0 Å². The molecule has 108 valence electrons. The summed E-state index contributed by atoms with van der Waals surface area (Å²) >= 11 is 1.75. The number of rotatable bonds is 5. The van der Waals surface area contributed by atoms with Crippen LogP contribution in [0, 0.1) is 6.92 Å². The summed E-state index contributed by atoms with van der Waals surface area (Å²) in [7, 11) is 1.41. The molecule has 0 amide bonds. The summed E-state index contributed by atoms with van der Waals surface area (Å²) in [6, 6.07) is 0.207. The highest BCUT2D eigenvalue weighted by Crippen LogP contribution is 2.32. The molecule has 4 nitrogen and oxygen atoms in total. The lowest BCUT2D eigenvalue weighted by Gasteiger charge is -2.14. The number of thiazole rings is 1. The molecule has 19 heavy (non-hydrogen) atoms. The summed E-state index contributed by atoms with van der Waals surface area (Å²) in [4.78, 5) is 17.0. The van der Waals surface area contributed by atoms with Crippen LogP contribution in [0.25, 0.3) is 0 Å². The van der Waals surface area contributed by atoms with Crippen LogP contribution in [0.15, 0.2) is 0 Å². The van der Waals surface area contributed by atoms with E-state index in [2.05, 4.69) is 42.7 Å². The average molecular weight is 284 g/mol. The summed E-state index contributed by atoms with van der Waals surface area (Å²) in [6.45, 7) is 11.3. The fraction of sp³-hybridized carbons (Fsp3) is 0.714. The molecule has 0 aliphatic carbocycles. The van der Waals surface area contributed by atoms with Crippen molar-refractivity contribution >= 4 is 17.3 Å². The number of aryl methyl sites for hydroxylation is 1. The number of esters is 1. The van der Waals surface area contributed by atoms with Gasteiger partial charge in [-0.15, -0.1) is 11.3 Å². The van der Waals surface area contributed by atoms with E-state index in [1.54, 1.807) is 11.3 Å². The number of ether oxygens (including phenoxy) is 1. The quantitative estimate of drug-likeness (QED) is 0.845. The van der Waals surface area contributed by atoms with Gasteiger partial charge in [0.25, 0.3) is 0 Å². The summed E-state index contributed by atoms with van der Waals surface area (Å²) < 4.78 is 4.62. The third-order valence-corrected chi connectivity index (χ3v) is 4.64. The smallest absolute Gasteiger partial charge is 0.306 e. The fourth-order valence-corrected chi connectivity index (χ4v) is 2.87. The molecule has 0 fully saturated rings. The SMILES string of the molecule is COC(=O)CCNC(C)c1sc(C(C)(C)C)nc1C. The molecule has 1 rings (SSSR count). The van der Waals surface area contributed by atoms with E-state index in [4.69, 9.17) is 0 Å². The van der Waals surface area contributed by atoms with Crippen LogP contribution < -0.4 is 5.32 Å². The highest BCUT2D eigenvalue weighted by Gasteiger charge is 2.22. The minimum absolute atomic E-state index is 0.0828. The third kappa shape index (κ3) is 4.58. The number of hydrogen-bond acceptors (Lipinski definition) is 5. The van der Waals surface area contributed by atoms with E-state index in [-0.39, 0.29) is 17.4 Å². The van der Waals surface area contributed by atoms with E-state index in [9.17, 15) is 4.79 Å². The van der Waals surface area contributed by atoms with Crippen LogP contribution in [0.4, 0.5) is 0 Å². The molecule has 1 heterocycles. The highest BCUT2D eigenvalue weighted by molar-refractivity contribution is 7.12. The first kappa shape index (κ1) is 16.1. The standard InChI is InChI=1S/C14H24N2O2S/c1-9(15-8-7-11(17)18-6)12-10(2)16-13(19-12)14(3,4)5/h9,15H,7-8H2,1-6H3. The van der Waals surface area contributed by atoms with Crippen LogP contribution in [0.1, 0.15) is 55.7 Å². The van der Waals surface area contributed by atoms with Crippen molar-refractivity contribution in [3.8, 4) is 0 Å². The lowest BCUT2D eigenvalue weighted by molar-refractivity contribution is -0.140. The Bertz CT molecular complexity index is 435. The average Bonchev–Trinajstić information content (AvgIpc) is 2.70. The highest BCUT2D eigenvalue weighted by atomic mass is 32.1. The van der Waals surface area contributed by atoms with Crippen molar-refractivity contribution in [2.24, 2.45) is 0 Å². The number of nitrogens with one attached hydrogen (secondary N) is 1. The monoisotopic (exact) mass is 284 g/mol. The molecular formula is C14H24N2O2S. The molecule has 1 aromatic rings. The van der Waals surface area contributed by atoms with E-state index in [1.165, 1.54) is 12.0 Å². The minimum Gasteiger partial charge on any atom is -0.469 e. The van der Waals surface area contributed by atoms with Gasteiger partial charge in [-0.3, -0.25) is 4.79 Å². The van der Waals surface area contributed by atoms with Gasteiger partial charge in [-0.25, -0.2) is 4.98 Å². The fourth-order valence-electron chi connectivity index (χ4n) is 1.72. The van der Waals surface area contributed by atoms with Crippen molar-refractivity contribution in [3.63, 3.8) is 0 Å². The second-order valence-electron chi connectivity index (χ2n) is 5.72. The summed E-state index contributed by atoms with van der Waals surface area (Å²) in [5.74, 6) is -0.184. The molecule has 0 saturated heterocycles. The van der Waals surface area contributed by atoms with Crippen molar-refractivity contribution in [1.82, 2.24) is 10.3 Å². The summed E-state index contributed by atoms with van der Waals surface area (Å²) in [5.41, 5.74) is 1.16. The second-order valence-corrected chi connectivity index (χ2v) is 6.75. The normalized spacial score (nSPS) is 13.4. The van der Waals surface area contributed by atoms with Crippen LogP contribution in [0.2, 0.25) is 0 Å². The second kappa shape index (κ2) is 6.48. The van der Waals surface area contributed by atoms with Gasteiger partial charge in [0.15, 0.2) is 0 Å². The Morgan fingerprint density at radius 2 is 2.11 bits per heavy atom. The number of nitrogens with zero attached hydrogens (tertiary/aromatic N) is 1. The van der Waals surface area contributed by atoms with Crippen LogP contribution >= 0.6 is 11.3 Å². The Morgan fingerprint density at radius 1 is 1.47 bits per heavy atom. The molecule has 1 unspecified atom stereocenters. The molecule has 0 aliphatic rings.